The Kier molecular flexibility index (Phi) is 6.08. The maximum absolute atomic E-state index is 13.0. The molecule has 1 aromatic heterocycles. The first-order valence-electron chi connectivity index (χ1n) is 8.97. The number of nitrogens with zero attached hydrogens (tertiary/aromatic N) is 1. The molecule has 0 unspecified atom stereocenters. The molecule has 0 bridgehead atoms. The average molecular weight is 401 g/mol. The lowest BCUT2D eigenvalue weighted by molar-refractivity contribution is -0.136. The number of H-pyrrole nitrogens is 1. The quantitative estimate of drug-likeness (QED) is 0.436. The number of aromatic nitrogens is 2. The molecule has 2 aromatic rings. The third-order valence-electron chi connectivity index (χ3n) is 4.52. The maximum Gasteiger partial charge on any atom is 0.336 e. The Morgan fingerprint density at radius 1 is 1.25 bits per heavy atom. The van der Waals surface area contributed by atoms with Crippen molar-refractivity contribution in [3.8, 4) is 5.75 Å². The highest BCUT2D eigenvalue weighted by atomic mass is 32.2. The van der Waals surface area contributed by atoms with E-state index >= 15 is 0 Å². The molecular formula is C20H23N3O4S. The van der Waals surface area contributed by atoms with Crippen molar-refractivity contribution in [1.29, 1.82) is 0 Å². The minimum absolute atomic E-state index is 0.272. The number of thioether (sulfide) groups is 1. The minimum Gasteiger partial charge on any atom is -0.497 e. The molecule has 0 spiro atoms. The monoisotopic (exact) mass is 401 g/mol. The van der Waals surface area contributed by atoms with Crippen LogP contribution >= 0.6 is 11.8 Å². The second-order valence-electron chi connectivity index (χ2n) is 6.34. The molecule has 0 saturated heterocycles. The van der Waals surface area contributed by atoms with Gasteiger partial charge in [-0.05, 0) is 31.0 Å². The number of carbonyl (C=O) groups is 1. The van der Waals surface area contributed by atoms with Crippen LogP contribution in [0.1, 0.15) is 37.3 Å². The van der Waals surface area contributed by atoms with E-state index in [4.69, 9.17) is 9.47 Å². The van der Waals surface area contributed by atoms with Crippen molar-refractivity contribution >= 4 is 23.5 Å². The van der Waals surface area contributed by atoms with Gasteiger partial charge in [0.2, 0.25) is 0 Å². The van der Waals surface area contributed by atoms with E-state index in [0.29, 0.717) is 33.6 Å². The smallest absolute Gasteiger partial charge is 0.336 e. The van der Waals surface area contributed by atoms with Crippen LogP contribution in [-0.2, 0) is 9.53 Å². The molecule has 148 valence electrons. The molecule has 0 radical (unpaired) electrons. The van der Waals surface area contributed by atoms with Gasteiger partial charge in [0, 0.05) is 11.4 Å². The molecule has 2 heterocycles. The number of hydrogen-bond acceptors (Lipinski definition) is 7. The fourth-order valence-electron chi connectivity index (χ4n) is 3.21. The van der Waals surface area contributed by atoms with E-state index < -0.39 is 11.9 Å². The third kappa shape index (κ3) is 3.77. The average Bonchev–Trinajstić information content (AvgIpc) is 2.70. The summed E-state index contributed by atoms with van der Waals surface area (Å²) in [5, 5.41) is 3.67. The van der Waals surface area contributed by atoms with Crippen LogP contribution < -0.4 is 15.6 Å². The van der Waals surface area contributed by atoms with Gasteiger partial charge in [-0.3, -0.25) is 4.79 Å². The van der Waals surface area contributed by atoms with Gasteiger partial charge >= 0.3 is 5.97 Å². The SMILES string of the molecule is CCCSc1nc2c(c(=O)[nH]1)[C@H](c1ccc(OC)cc1)C(C(=O)OC)=C(C)N2. The zero-order valence-corrected chi connectivity index (χ0v) is 17.1. The van der Waals surface area contributed by atoms with E-state index in [1.807, 2.05) is 12.1 Å². The van der Waals surface area contributed by atoms with E-state index in [1.165, 1.54) is 18.9 Å². The molecule has 0 amide bonds. The predicted octanol–water partition coefficient (Wildman–Crippen LogP) is 3.29. The Bertz CT molecular complexity index is 966. The zero-order chi connectivity index (χ0) is 20.3. The van der Waals surface area contributed by atoms with Crippen LogP contribution in [0, 0.1) is 0 Å². The summed E-state index contributed by atoms with van der Waals surface area (Å²) in [6.07, 6.45) is 0.971. The van der Waals surface area contributed by atoms with Crippen LogP contribution in [0.25, 0.3) is 0 Å². The van der Waals surface area contributed by atoms with E-state index in [-0.39, 0.29) is 5.56 Å². The number of esters is 1. The largest absolute Gasteiger partial charge is 0.497 e. The summed E-state index contributed by atoms with van der Waals surface area (Å²) in [6.45, 7) is 3.85. The van der Waals surface area contributed by atoms with Crippen LogP contribution in [0.5, 0.6) is 5.75 Å². The molecule has 28 heavy (non-hydrogen) atoms. The normalized spacial score (nSPS) is 15.6. The summed E-state index contributed by atoms with van der Waals surface area (Å²) in [4.78, 5) is 32.9. The number of ether oxygens (including phenoxy) is 2. The van der Waals surface area contributed by atoms with Crippen molar-refractivity contribution in [1.82, 2.24) is 9.97 Å². The van der Waals surface area contributed by atoms with Crippen LogP contribution in [-0.4, -0.2) is 35.9 Å². The van der Waals surface area contributed by atoms with Crippen molar-refractivity contribution in [2.24, 2.45) is 0 Å². The Morgan fingerprint density at radius 3 is 2.57 bits per heavy atom. The van der Waals surface area contributed by atoms with Crippen molar-refractivity contribution in [3.05, 3.63) is 57.0 Å². The van der Waals surface area contributed by atoms with Gasteiger partial charge in [-0.25, -0.2) is 9.78 Å². The summed E-state index contributed by atoms with van der Waals surface area (Å²) in [5.74, 6) is 0.938. The van der Waals surface area contributed by atoms with E-state index in [2.05, 4.69) is 22.2 Å². The van der Waals surface area contributed by atoms with E-state index in [9.17, 15) is 9.59 Å². The summed E-state index contributed by atoms with van der Waals surface area (Å²) in [5.41, 5.74) is 1.92. The van der Waals surface area contributed by atoms with Crippen molar-refractivity contribution in [3.63, 3.8) is 0 Å². The van der Waals surface area contributed by atoms with Gasteiger partial charge in [0.05, 0.1) is 31.3 Å². The molecule has 1 aliphatic rings. The Morgan fingerprint density at radius 2 is 1.96 bits per heavy atom. The molecule has 0 fully saturated rings. The molecule has 1 aromatic carbocycles. The number of allylic oxidation sites excluding steroid dienone is 1. The topological polar surface area (TPSA) is 93.3 Å². The first-order valence-corrected chi connectivity index (χ1v) is 9.95. The zero-order valence-electron chi connectivity index (χ0n) is 16.3. The highest BCUT2D eigenvalue weighted by Crippen LogP contribution is 2.40. The van der Waals surface area contributed by atoms with Gasteiger partial charge in [0.15, 0.2) is 5.16 Å². The number of carbonyl (C=O) groups excluding carboxylic acids is 1. The van der Waals surface area contributed by atoms with Crippen molar-refractivity contribution in [2.45, 2.75) is 31.3 Å². The number of anilines is 1. The van der Waals surface area contributed by atoms with Crippen LogP contribution in [0.3, 0.4) is 0 Å². The van der Waals surface area contributed by atoms with E-state index in [1.54, 1.807) is 26.2 Å². The standard InChI is InChI=1S/C20H23N3O4S/c1-5-10-28-20-22-17-16(18(24)23-20)15(12-6-8-13(26-3)9-7-12)14(11(2)21-17)19(25)27-4/h6-9,15H,5,10H2,1-4H3,(H2,21,22,23,24)/t15-/m1/s1. The molecule has 0 saturated carbocycles. The molecule has 1 atom stereocenters. The summed E-state index contributed by atoms with van der Waals surface area (Å²) in [6, 6.07) is 7.28. The highest BCUT2D eigenvalue weighted by molar-refractivity contribution is 7.99. The number of nitrogens with one attached hydrogen (secondary N) is 2. The molecular weight excluding hydrogens is 378 g/mol. The summed E-state index contributed by atoms with van der Waals surface area (Å²) in [7, 11) is 2.92. The van der Waals surface area contributed by atoms with Gasteiger partial charge in [-0.1, -0.05) is 30.8 Å². The Hall–Kier alpha value is -2.74. The maximum atomic E-state index is 13.0. The number of benzene rings is 1. The molecule has 2 N–H and O–H groups in total. The van der Waals surface area contributed by atoms with Gasteiger partial charge in [0.25, 0.3) is 5.56 Å². The first-order chi connectivity index (χ1) is 13.5. The fraction of sp³-hybridized carbons (Fsp3) is 0.350. The lowest BCUT2D eigenvalue weighted by atomic mass is 9.82. The Labute approximate surface area is 167 Å². The number of rotatable bonds is 6. The molecule has 7 nitrogen and oxygen atoms in total. The number of hydrogen-bond donors (Lipinski definition) is 2. The number of fused-ring (bicyclic) bond motifs is 1. The second-order valence-corrected chi connectivity index (χ2v) is 7.43. The van der Waals surface area contributed by atoms with Gasteiger partial charge < -0.3 is 19.8 Å². The van der Waals surface area contributed by atoms with Crippen molar-refractivity contribution < 1.29 is 14.3 Å². The van der Waals surface area contributed by atoms with Crippen LogP contribution in [0.4, 0.5) is 5.82 Å². The van der Waals surface area contributed by atoms with E-state index in [0.717, 1.165) is 17.7 Å². The van der Waals surface area contributed by atoms with Gasteiger partial charge in [-0.2, -0.15) is 0 Å². The summed E-state index contributed by atoms with van der Waals surface area (Å²) < 4.78 is 10.2. The first kappa shape index (κ1) is 20.0. The predicted molar refractivity (Wildman–Crippen MR) is 109 cm³/mol. The molecule has 0 aliphatic carbocycles. The summed E-state index contributed by atoms with van der Waals surface area (Å²) >= 11 is 1.49. The number of aromatic amines is 1. The van der Waals surface area contributed by atoms with Crippen LogP contribution in [0.2, 0.25) is 0 Å². The highest BCUT2D eigenvalue weighted by Gasteiger charge is 2.36. The van der Waals surface area contributed by atoms with Gasteiger partial charge in [0.1, 0.15) is 11.6 Å². The minimum atomic E-state index is -0.587. The fourth-order valence-corrected chi connectivity index (χ4v) is 3.93. The molecule has 3 rings (SSSR count). The lowest BCUT2D eigenvalue weighted by Crippen LogP contribution is -2.31. The van der Waals surface area contributed by atoms with Crippen LogP contribution in [0.15, 0.2) is 45.5 Å². The molecule has 8 heteroatoms. The lowest BCUT2D eigenvalue weighted by Gasteiger charge is -2.28. The van der Waals surface area contributed by atoms with Crippen molar-refractivity contribution in [2.75, 3.05) is 25.3 Å². The molecule has 1 aliphatic heterocycles. The number of methoxy groups -OCH3 is 2. The Balaban J connectivity index is 2.18. The second kappa shape index (κ2) is 8.52. The van der Waals surface area contributed by atoms with Gasteiger partial charge in [-0.15, -0.1) is 0 Å². The third-order valence-corrected chi connectivity index (χ3v) is 5.60.